The Balaban J connectivity index is 1.08. The molecule has 262 valence electrons. The molecule has 1 spiro atoms. The number of hydrogen-bond donors (Lipinski definition) is 0. The van der Waals surface area contributed by atoms with E-state index in [4.69, 9.17) is 9.97 Å². The van der Waals surface area contributed by atoms with Gasteiger partial charge in [-0.2, -0.15) is 0 Å². The van der Waals surface area contributed by atoms with E-state index in [-0.39, 0.29) is 5.41 Å². The zero-order valence-corrected chi connectivity index (χ0v) is 31.3. The zero-order valence-electron chi connectivity index (χ0n) is 30.5. The van der Waals surface area contributed by atoms with Gasteiger partial charge in [-0.3, -0.25) is 0 Å². The van der Waals surface area contributed by atoms with Crippen molar-refractivity contribution in [2.45, 2.75) is 37.5 Å². The number of rotatable bonds is 3. The third-order valence-electron chi connectivity index (χ3n) is 14.2. The Hall–Kier alpha value is -5.64. The average Bonchev–Trinajstić information content (AvgIpc) is 3.75. The van der Waals surface area contributed by atoms with Crippen LogP contribution in [0.5, 0.6) is 0 Å². The van der Waals surface area contributed by atoms with Crippen LogP contribution < -0.4 is 0 Å². The SMILES string of the molecule is c1cc(-c2nc(-c3ccc4ccccc4c3)c3ccccc3n2)c2c(c1)-c1c(-c3ccc4c(c3)sc3ccccc34)cccc1C21C2CC3CC(C2)CC1C3. The molecular weight excluding hydrogens is 685 g/mol. The first-order chi connectivity index (χ1) is 27.2. The van der Waals surface area contributed by atoms with Gasteiger partial charge in [0.2, 0.25) is 0 Å². The van der Waals surface area contributed by atoms with E-state index in [1.54, 1.807) is 5.56 Å². The lowest BCUT2D eigenvalue weighted by Crippen LogP contribution is -2.55. The average molecular weight is 723 g/mol. The summed E-state index contributed by atoms with van der Waals surface area (Å²) in [4.78, 5) is 11.1. The number of aromatic nitrogens is 2. The fourth-order valence-corrected chi connectivity index (χ4v) is 13.5. The van der Waals surface area contributed by atoms with Crippen LogP contribution in [0.1, 0.15) is 43.2 Å². The summed E-state index contributed by atoms with van der Waals surface area (Å²) in [5.41, 5.74) is 12.9. The van der Waals surface area contributed by atoms with Gasteiger partial charge in [0.05, 0.1) is 11.2 Å². The van der Waals surface area contributed by atoms with Crippen LogP contribution in [0.15, 0.2) is 146 Å². The van der Waals surface area contributed by atoms with Gasteiger partial charge in [0.25, 0.3) is 0 Å². The first kappa shape index (κ1) is 30.7. The van der Waals surface area contributed by atoms with E-state index in [1.165, 1.54) is 96.4 Å². The van der Waals surface area contributed by atoms with Crippen molar-refractivity contribution < 1.29 is 0 Å². The molecule has 2 heterocycles. The molecule has 2 nitrogen and oxygen atoms in total. The lowest BCUT2D eigenvalue weighted by molar-refractivity contribution is -0.0397. The van der Waals surface area contributed by atoms with Crippen molar-refractivity contribution in [1.29, 1.82) is 0 Å². The molecule has 0 atom stereocenters. The van der Waals surface area contributed by atoms with Gasteiger partial charge >= 0.3 is 0 Å². The van der Waals surface area contributed by atoms with E-state index in [1.807, 2.05) is 11.3 Å². The molecule has 0 saturated heterocycles. The van der Waals surface area contributed by atoms with Gasteiger partial charge in [-0.1, -0.05) is 121 Å². The molecule has 5 aliphatic carbocycles. The Morgan fingerprint density at radius 2 is 1.18 bits per heavy atom. The first-order valence-electron chi connectivity index (χ1n) is 20.2. The summed E-state index contributed by atoms with van der Waals surface area (Å²) in [6.07, 6.45) is 6.76. The predicted molar refractivity (Wildman–Crippen MR) is 230 cm³/mol. The van der Waals surface area contributed by atoms with Crippen molar-refractivity contribution in [3.05, 3.63) is 157 Å². The molecule has 0 amide bonds. The molecule has 4 bridgehead atoms. The van der Waals surface area contributed by atoms with Crippen LogP contribution in [0, 0.1) is 23.7 Å². The van der Waals surface area contributed by atoms with Crippen LogP contribution in [-0.4, -0.2) is 9.97 Å². The second-order valence-corrected chi connectivity index (χ2v) is 18.0. The highest BCUT2D eigenvalue weighted by Gasteiger charge is 2.62. The van der Waals surface area contributed by atoms with Gasteiger partial charge in [0.15, 0.2) is 5.82 Å². The van der Waals surface area contributed by atoms with Crippen LogP contribution in [0.25, 0.3) is 86.7 Å². The third-order valence-corrected chi connectivity index (χ3v) is 15.4. The molecule has 0 aliphatic heterocycles. The van der Waals surface area contributed by atoms with E-state index in [2.05, 4.69) is 146 Å². The Bertz CT molecular complexity index is 3050. The van der Waals surface area contributed by atoms with Crippen LogP contribution in [-0.2, 0) is 5.41 Å². The summed E-state index contributed by atoms with van der Waals surface area (Å²) in [6, 6.07) is 54.4. The van der Waals surface area contributed by atoms with Crippen LogP contribution >= 0.6 is 11.3 Å². The van der Waals surface area contributed by atoms with Gasteiger partial charge in [-0.05, 0) is 124 Å². The molecular formula is C52H38N2S. The highest BCUT2D eigenvalue weighted by molar-refractivity contribution is 7.25. The van der Waals surface area contributed by atoms with Gasteiger partial charge < -0.3 is 0 Å². The van der Waals surface area contributed by atoms with Crippen molar-refractivity contribution in [2.75, 3.05) is 0 Å². The van der Waals surface area contributed by atoms with Crippen molar-refractivity contribution in [3.8, 4) is 44.9 Å². The van der Waals surface area contributed by atoms with Gasteiger partial charge in [-0.25, -0.2) is 9.97 Å². The molecule has 0 unspecified atom stereocenters. The normalized spacial score (nSPS) is 23.3. The molecule has 14 rings (SSSR count). The second-order valence-electron chi connectivity index (χ2n) is 16.9. The minimum atomic E-state index is -0.0372. The zero-order chi connectivity index (χ0) is 35.8. The topological polar surface area (TPSA) is 25.8 Å². The van der Waals surface area contributed by atoms with E-state index >= 15 is 0 Å². The summed E-state index contributed by atoms with van der Waals surface area (Å²) in [5.74, 6) is 3.84. The lowest BCUT2D eigenvalue weighted by Gasteiger charge is -2.61. The molecule has 5 aliphatic rings. The largest absolute Gasteiger partial charge is 0.228 e. The first-order valence-corrected chi connectivity index (χ1v) is 21.0. The quantitative estimate of drug-likeness (QED) is 0.181. The highest BCUT2D eigenvalue weighted by atomic mass is 32.1. The van der Waals surface area contributed by atoms with E-state index in [0.717, 1.165) is 39.8 Å². The van der Waals surface area contributed by atoms with Crippen molar-refractivity contribution in [1.82, 2.24) is 9.97 Å². The van der Waals surface area contributed by atoms with Crippen molar-refractivity contribution in [3.63, 3.8) is 0 Å². The Labute approximate surface area is 324 Å². The maximum Gasteiger partial charge on any atom is 0.160 e. The fraction of sp³-hybridized carbons (Fsp3) is 0.192. The molecule has 4 saturated carbocycles. The number of fused-ring (bicyclic) bond motifs is 8. The van der Waals surface area contributed by atoms with Crippen molar-refractivity contribution >= 4 is 53.2 Å². The summed E-state index contributed by atoms with van der Waals surface area (Å²) in [6.45, 7) is 0. The Morgan fingerprint density at radius 3 is 2.05 bits per heavy atom. The van der Waals surface area contributed by atoms with Crippen molar-refractivity contribution in [2.24, 2.45) is 23.7 Å². The molecule has 7 aromatic carbocycles. The van der Waals surface area contributed by atoms with Crippen LogP contribution in [0.3, 0.4) is 0 Å². The van der Waals surface area contributed by atoms with Gasteiger partial charge in [0.1, 0.15) is 0 Å². The Morgan fingerprint density at radius 1 is 0.491 bits per heavy atom. The van der Waals surface area contributed by atoms with Gasteiger partial charge in [0, 0.05) is 42.1 Å². The summed E-state index contributed by atoms with van der Waals surface area (Å²) in [5, 5.41) is 6.28. The maximum atomic E-state index is 5.61. The van der Waals surface area contributed by atoms with E-state index in [0.29, 0.717) is 11.8 Å². The Kier molecular flexibility index (Phi) is 6.25. The monoisotopic (exact) mass is 722 g/mol. The summed E-state index contributed by atoms with van der Waals surface area (Å²) in [7, 11) is 0. The maximum absolute atomic E-state index is 5.61. The number of thiophene rings is 1. The summed E-state index contributed by atoms with van der Waals surface area (Å²) < 4.78 is 2.72. The second kappa shape index (κ2) is 11.2. The highest BCUT2D eigenvalue weighted by Crippen LogP contribution is 2.71. The molecule has 9 aromatic rings. The predicted octanol–water partition coefficient (Wildman–Crippen LogP) is 13.9. The number of hydrogen-bond acceptors (Lipinski definition) is 3. The van der Waals surface area contributed by atoms with Crippen LogP contribution in [0.2, 0.25) is 0 Å². The minimum Gasteiger partial charge on any atom is -0.228 e. The van der Waals surface area contributed by atoms with Crippen LogP contribution in [0.4, 0.5) is 0 Å². The standard InChI is InChI=1S/C52H38N2S/c1-2-10-33-28-35(20-19-32(33)9-1)50-41-12-3-5-17-45(41)53-51(54-50)43-15-7-14-42-48-38(34-21-22-40-39-11-4-6-18-46(39)55-47(40)29-34)13-8-16-44(48)52(49(42)43)36-24-30-23-31(26-36)27-37(52)25-30/h1-22,28-31,36-37H,23-27H2. The lowest BCUT2D eigenvalue weighted by atomic mass is 9.43. The number of benzene rings is 7. The fourth-order valence-electron chi connectivity index (χ4n) is 12.4. The van der Waals surface area contributed by atoms with E-state index in [9.17, 15) is 0 Å². The number of nitrogens with zero attached hydrogens (tertiary/aromatic N) is 2. The van der Waals surface area contributed by atoms with Gasteiger partial charge in [-0.15, -0.1) is 11.3 Å². The van der Waals surface area contributed by atoms with E-state index < -0.39 is 0 Å². The minimum absolute atomic E-state index is 0.0372. The molecule has 0 N–H and O–H groups in total. The molecule has 3 heteroatoms. The number of para-hydroxylation sites is 1. The molecule has 4 fully saturated rings. The molecule has 0 radical (unpaired) electrons. The third kappa shape index (κ3) is 4.20. The molecule has 55 heavy (non-hydrogen) atoms. The smallest absolute Gasteiger partial charge is 0.160 e. The summed E-state index contributed by atoms with van der Waals surface area (Å²) >= 11 is 1.91. The molecule has 2 aromatic heterocycles.